The summed E-state index contributed by atoms with van der Waals surface area (Å²) in [6.45, 7) is 5.46. The molecule has 128 valence electrons. The third-order valence-corrected chi connectivity index (χ3v) is 4.66. The lowest BCUT2D eigenvalue weighted by molar-refractivity contribution is -0.142. The van der Waals surface area contributed by atoms with E-state index in [1.807, 2.05) is 30.9 Å². The molecule has 1 aliphatic carbocycles. The van der Waals surface area contributed by atoms with Crippen molar-refractivity contribution in [2.24, 2.45) is 5.92 Å². The van der Waals surface area contributed by atoms with Gasteiger partial charge < -0.3 is 18.5 Å². The zero-order valence-corrected chi connectivity index (χ0v) is 13.8. The van der Waals surface area contributed by atoms with Crippen molar-refractivity contribution in [2.45, 2.75) is 38.1 Å². The fourth-order valence-corrected chi connectivity index (χ4v) is 3.18. The summed E-state index contributed by atoms with van der Waals surface area (Å²) in [5.41, 5.74) is 0. The van der Waals surface area contributed by atoms with E-state index in [1.165, 1.54) is 0 Å². The zero-order valence-electron chi connectivity index (χ0n) is 13.8. The highest BCUT2D eigenvalue weighted by molar-refractivity contribution is 5.83. The van der Waals surface area contributed by atoms with Crippen LogP contribution in [0.3, 0.4) is 0 Å². The van der Waals surface area contributed by atoms with Gasteiger partial charge in [-0.25, -0.2) is 0 Å². The average Bonchev–Trinajstić information content (AvgIpc) is 3.03. The van der Waals surface area contributed by atoms with E-state index in [-0.39, 0.29) is 29.7 Å². The van der Waals surface area contributed by atoms with Crippen LogP contribution in [0, 0.1) is 5.92 Å². The number of ether oxygens (including phenoxy) is 1. The van der Waals surface area contributed by atoms with Gasteiger partial charge in [0, 0.05) is 24.3 Å². The van der Waals surface area contributed by atoms with Gasteiger partial charge in [-0.15, -0.1) is 10.2 Å². The molecule has 1 aliphatic heterocycles. The summed E-state index contributed by atoms with van der Waals surface area (Å²) in [6.07, 6.45) is 2.48. The average molecular weight is 331 g/mol. The van der Waals surface area contributed by atoms with Crippen molar-refractivity contribution in [1.29, 1.82) is 0 Å². The Bertz CT molecular complexity index is 709. The van der Waals surface area contributed by atoms with Crippen molar-refractivity contribution in [2.75, 3.05) is 19.8 Å². The van der Waals surface area contributed by atoms with Crippen LogP contribution in [-0.4, -0.2) is 40.8 Å². The van der Waals surface area contributed by atoms with E-state index in [0.29, 0.717) is 31.5 Å². The van der Waals surface area contributed by atoms with Crippen molar-refractivity contribution in [3.63, 3.8) is 0 Å². The maximum atomic E-state index is 12.9. The summed E-state index contributed by atoms with van der Waals surface area (Å²) in [4.78, 5) is 14.8. The molecule has 2 aromatic rings. The van der Waals surface area contributed by atoms with Gasteiger partial charge in [0.05, 0.1) is 19.5 Å². The monoisotopic (exact) mass is 331 g/mol. The quantitative estimate of drug-likeness (QED) is 0.856. The molecule has 3 heterocycles. The zero-order chi connectivity index (χ0) is 16.7. The number of carbonyl (C=O) groups excluding carboxylic acids is 1. The predicted octanol–water partition coefficient (Wildman–Crippen LogP) is 2.49. The minimum Gasteiger partial charge on any atom is -0.469 e. The summed E-state index contributed by atoms with van der Waals surface area (Å²) >= 11 is 0. The molecular formula is C17H21N3O4. The van der Waals surface area contributed by atoms with Crippen LogP contribution in [0.4, 0.5) is 0 Å². The van der Waals surface area contributed by atoms with Crippen LogP contribution in [-0.2, 0) is 9.53 Å². The third-order valence-electron chi connectivity index (χ3n) is 4.66. The smallest absolute Gasteiger partial charge is 0.241 e. The summed E-state index contributed by atoms with van der Waals surface area (Å²) < 4.78 is 16.7. The van der Waals surface area contributed by atoms with Crippen LogP contribution < -0.4 is 0 Å². The predicted molar refractivity (Wildman–Crippen MR) is 83.2 cm³/mol. The first kappa shape index (κ1) is 15.4. The number of carbonyl (C=O) groups is 1. The second kappa shape index (κ2) is 6.05. The molecule has 0 aromatic carbocycles. The fourth-order valence-electron chi connectivity index (χ4n) is 3.18. The van der Waals surface area contributed by atoms with Crippen LogP contribution in [0.1, 0.15) is 55.7 Å². The molecule has 1 saturated carbocycles. The van der Waals surface area contributed by atoms with Crippen molar-refractivity contribution in [3.05, 3.63) is 35.9 Å². The van der Waals surface area contributed by atoms with E-state index in [2.05, 4.69) is 10.2 Å². The van der Waals surface area contributed by atoms with E-state index < -0.39 is 0 Å². The van der Waals surface area contributed by atoms with Gasteiger partial charge in [-0.3, -0.25) is 4.79 Å². The topological polar surface area (TPSA) is 81.6 Å². The lowest BCUT2D eigenvalue weighted by Gasteiger charge is -2.33. The van der Waals surface area contributed by atoms with E-state index >= 15 is 0 Å². The Hall–Kier alpha value is -2.15. The van der Waals surface area contributed by atoms with Gasteiger partial charge in [0.1, 0.15) is 11.8 Å². The van der Waals surface area contributed by atoms with Crippen molar-refractivity contribution < 1.29 is 18.4 Å². The standard InChI is InChI=1S/C17H21N3O4/c1-10(2)15-18-19-16(24-15)13-9-22-7-5-20(13)17(21)12-8-11(12)14-4-3-6-23-14/h3-4,6,10-13H,5,7-9H2,1-2H3/t11-,12-,13+/m1/s1. The van der Waals surface area contributed by atoms with E-state index in [9.17, 15) is 4.79 Å². The summed E-state index contributed by atoms with van der Waals surface area (Å²) in [7, 11) is 0. The van der Waals surface area contributed by atoms with Gasteiger partial charge in [-0.05, 0) is 18.6 Å². The van der Waals surface area contributed by atoms with Gasteiger partial charge in [0.2, 0.25) is 17.7 Å². The number of rotatable bonds is 4. The first-order valence-corrected chi connectivity index (χ1v) is 8.40. The highest BCUT2D eigenvalue weighted by atomic mass is 16.5. The molecule has 0 spiro atoms. The molecule has 1 amide bonds. The van der Waals surface area contributed by atoms with Gasteiger partial charge in [-0.1, -0.05) is 13.8 Å². The van der Waals surface area contributed by atoms with Crippen LogP contribution >= 0.6 is 0 Å². The SMILES string of the molecule is CC(C)c1nnc([C@@H]2COCCN2C(=O)[C@@H]2C[C@H]2c2ccco2)o1. The molecule has 2 aromatic heterocycles. The first-order chi connectivity index (χ1) is 11.6. The summed E-state index contributed by atoms with van der Waals surface area (Å²) in [6, 6.07) is 3.49. The Morgan fingerprint density at radius 3 is 2.96 bits per heavy atom. The van der Waals surface area contributed by atoms with Gasteiger partial charge >= 0.3 is 0 Å². The highest BCUT2D eigenvalue weighted by Gasteiger charge is 2.49. The Morgan fingerprint density at radius 2 is 2.25 bits per heavy atom. The Balaban J connectivity index is 1.50. The van der Waals surface area contributed by atoms with Crippen LogP contribution in [0.25, 0.3) is 0 Å². The number of hydrogen-bond donors (Lipinski definition) is 0. The Labute approximate surface area is 140 Å². The Kier molecular flexibility index (Phi) is 3.88. The van der Waals surface area contributed by atoms with Gasteiger partial charge in [0.25, 0.3) is 0 Å². The van der Waals surface area contributed by atoms with Crippen molar-refractivity contribution in [1.82, 2.24) is 15.1 Å². The molecule has 0 bridgehead atoms. The number of amides is 1. The summed E-state index contributed by atoms with van der Waals surface area (Å²) in [5.74, 6) is 2.37. The molecule has 2 fully saturated rings. The minimum absolute atomic E-state index is 0.0239. The molecule has 1 saturated heterocycles. The molecule has 0 N–H and O–H groups in total. The first-order valence-electron chi connectivity index (χ1n) is 8.40. The third kappa shape index (κ3) is 2.73. The lowest BCUT2D eigenvalue weighted by atomic mass is 10.1. The van der Waals surface area contributed by atoms with Gasteiger partial charge in [-0.2, -0.15) is 0 Å². The van der Waals surface area contributed by atoms with Crippen molar-refractivity contribution >= 4 is 5.91 Å². The van der Waals surface area contributed by atoms with Crippen LogP contribution in [0.5, 0.6) is 0 Å². The molecule has 0 radical (unpaired) electrons. The van der Waals surface area contributed by atoms with E-state index in [4.69, 9.17) is 13.6 Å². The second-order valence-corrected chi connectivity index (χ2v) is 6.72. The van der Waals surface area contributed by atoms with Crippen LogP contribution in [0.2, 0.25) is 0 Å². The number of morpholine rings is 1. The maximum absolute atomic E-state index is 12.9. The second-order valence-electron chi connectivity index (χ2n) is 6.72. The normalized spacial score (nSPS) is 26.8. The molecule has 0 unspecified atom stereocenters. The van der Waals surface area contributed by atoms with E-state index in [0.717, 1.165) is 12.2 Å². The lowest BCUT2D eigenvalue weighted by Crippen LogP contribution is -2.44. The maximum Gasteiger partial charge on any atom is 0.241 e. The molecule has 24 heavy (non-hydrogen) atoms. The number of hydrogen-bond acceptors (Lipinski definition) is 6. The largest absolute Gasteiger partial charge is 0.469 e. The molecule has 3 atom stereocenters. The highest BCUT2D eigenvalue weighted by Crippen LogP contribution is 2.49. The Morgan fingerprint density at radius 1 is 1.38 bits per heavy atom. The van der Waals surface area contributed by atoms with Crippen molar-refractivity contribution in [3.8, 4) is 0 Å². The molecule has 7 nitrogen and oxygen atoms in total. The number of nitrogens with zero attached hydrogens (tertiary/aromatic N) is 3. The number of aromatic nitrogens is 2. The molecule has 4 rings (SSSR count). The molecule has 7 heteroatoms. The van der Waals surface area contributed by atoms with Gasteiger partial charge in [0.15, 0.2) is 0 Å². The number of furan rings is 1. The molecule has 2 aliphatic rings. The fraction of sp³-hybridized carbons (Fsp3) is 0.588. The van der Waals surface area contributed by atoms with E-state index in [1.54, 1.807) is 6.26 Å². The summed E-state index contributed by atoms with van der Waals surface area (Å²) in [5, 5.41) is 8.21. The minimum atomic E-state index is -0.302. The molecular weight excluding hydrogens is 310 g/mol. The van der Waals surface area contributed by atoms with Crippen LogP contribution in [0.15, 0.2) is 27.2 Å².